The van der Waals surface area contributed by atoms with Crippen LogP contribution in [0.25, 0.3) is 0 Å². The highest BCUT2D eigenvalue weighted by Gasteiger charge is 2.06. The lowest BCUT2D eigenvalue weighted by Gasteiger charge is -2.11. The normalized spacial score (nSPS) is 11.0. The van der Waals surface area contributed by atoms with E-state index in [4.69, 9.17) is 9.47 Å². The van der Waals surface area contributed by atoms with Gasteiger partial charge in [-0.05, 0) is 67.3 Å². The van der Waals surface area contributed by atoms with Crippen molar-refractivity contribution < 1.29 is 9.47 Å². The standard InChI is InChI=1S/C24H25NO2/c1-17-6-9-20(10-7-17)16-27-23-12-11-21(14-24(23)26-4)15-25-22-13-18(2)5-8-19(22)3/h5-15H,16H2,1-4H3. The second-order valence-electron chi connectivity index (χ2n) is 6.73. The molecular weight excluding hydrogens is 334 g/mol. The molecule has 27 heavy (non-hydrogen) atoms. The van der Waals surface area contributed by atoms with Crippen LogP contribution in [-0.4, -0.2) is 13.3 Å². The average molecular weight is 359 g/mol. The summed E-state index contributed by atoms with van der Waals surface area (Å²) in [6.07, 6.45) is 1.86. The van der Waals surface area contributed by atoms with Gasteiger partial charge in [-0.25, -0.2) is 0 Å². The highest BCUT2D eigenvalue weighted by molar-refractivity contribution is 5.83. The monoisotopic (exact) mass is 359 g/mol. The zero-order chi connectivity index (χ0) is 19.2. The van der Waals surface area contributed by atoms with E-state index in [1.54, 1.807) is 7.11 Å². The Hall–Kier alpha value is -3.07. The Morgan fingerprint density at radius 3 is 2.30 bits per heavy atom. The molecule has 0 saturated carbocycles. The fraction of sp³-hybridized carbons (Fsp3) is 0.208. The van der Waals surface area contributed by atoms with Crippen LogP contribution in [0.15, 0.2) is 65.7 Å². The number of aliphatic imine (C=N–C) groups is 1. The van der Waals surface area contributed by atoms with Gasteiger partial charge in [0.05, 0.1) is 12.8 Å². The summed E-state index contributed by atoms with van der Waals surface area (Å²) in [6, 6.07) is 20.5. The Balaban J connectivity index is 1.74. The van der Waals surface area contributed by atoms with Gasteiger partial charge in [-0.2, -0.15) is 0 Å². The fourth-order valence-corrected chi connectivity index (χ4v) is 2.73. The largest absolute Gasteiger partial charge is 0.493 e. The first-order valence-electron chi connectivity index (χ1n) is 9.03. The summed E-state index contributed by atoms with van der Waals surface area (Å²) >= 11 is 0. The quantitative estimate of drug-likeness (QED) is 0.509. The van der Waals surface area contributed by atoms with Gasteiger partial charge in [-0.3, -0.25) is 4.99 Å². The molecule has 138 valence electrons. The third-order valence-corrected chi connectivity index (χ3v) is 4.42. The van der Waals surface area contributed by atoms with E-state index in [1.807, 2.05) is 24.4 Å². The van der Waals surface area contributed by atoms with Crippen LogP contribution in [0.4, 0.5) is 5.69 Å². The van der Waals surface area contributed by atoms with Gasteiger partial charge in [0.25, 0.3) is 0 Å². The van der Waals surface area contributed by atoms with Crippen LogP contribution in [0.1, 0.15) is 27.8 Å². The van der Waals surface area contributed by atoms with E-state index in [0.29, 0.717) is 12.4 Å². The van der Waals surface area contributed by atoms with E-state index in [-0.39, 0.29) is 0 Å². The van der Waals surface area contributed by atoms with Crippen molar-refractivity contribution in [3.8, 4) is 11.5 Å². The van der Waals surface area contributed by atoms with Gasteiger partial charge in [0, 0.05) is 6.21 Å². The molecule has 3 rings (SSSR count). The zero-order valence-electron chi connectivity index (χ0n) is 16.3. The molecule has 0 atom stereocenters. The van der Waals surface area contributed by atoms with E-state index in [2.05, 4.69) is 68.2 Å². The molecule has 0 unspecified atom stereocenters. The van der Waals surface area contributed by atoms with E-state index in [9.17, 15) is 0 Å². The predicted molar refractivity (Wildman–Crippen MR) is 112 cm³/mol. The summed E-state index contributed by atoms with van der Waals surface area (Å²) < 4.78 is 11.4. The van der Waals surface area contributed by atoms with Crippen LogP contribution in [0.5, 0.6) is 11.5 Å². The van der Waals surface area contributed by atoms with Crippen molar-refractivity contribution in [3.63, 3.8) is 0 Å². The van der Waals surface area contributed by atoms with Gasteiger partial charge in [-0.1, -0.05) is 42.0 Å². The molecule has 0 saturated heterocycles. The minimum Gasteiger partial charge on any atom is -0.493 e. The van der Waals surface area contributed by atoms with Crippen LogP contribution < -0.4 is 9.47 Å². The molecule has 0 heterocycles. The zero-order valence-corrected chi connectivity index (χ0v) is 16.3. The Kier molecular flexibility index (Phi) is 5.92. The number of ether oxygens (including phenoxy) is 2. The molecule has 0 aliphatic rings. The first-order chi connectivity index (χ1) is 13.0. The highest BCUT2D eigenvalue weighted by atomic mass is 16.5. The Morgan fingerprint density at radius 2 is 1.56 bits per heavy atom. The summed E-state index contributed by atoms with van der Waals surface area (Å²) in [6.45, 7) is 6.72. The smallest absolute Gasteiger partial charge is 0.161 e. The third-order valence-electron chi connectivity index (χ3n) is 4.42. The molecule has 0 N–H and O–H groups in total. The molecule has 3 aromatic carbocycles. The molecule has 0 radical (unpaired) electrons. The summed E-state index contributed by atoms with van der Waals surface area (Å²) in [7, 11) is 1.65. The van der Waals surface area contributed by atoms with Gasteiger partial charge < -0.3 is 9.47 Å². The summed E-state index contributed by atoms with van der Waals surface area (Å²) in [5.41, 5.74) is 6.67. The van der Waals surface area contributed by atoms with E-state index < -0.39 is 0 Å². The van der Waals surface area contributed by atoms with Crippen LogP contribution >= 0.6 is 0 Å². The SMILES string of the molecule is COc1cc(C=Nc2cc(C)ccc2C)ccc1OCc1ccc(C)cc1. The lowest BCUT2D eigenvalue weighted by Crippen LogP contribution is -1.98. The summed E-state index contributed by atoms with van der Waals surface area (Å²) in [5.74, 6) is 1.42. The first-order valence-corrected chi connectivity index (χ1v) is 9.03. The molecule has 0 bridgehead atoms. The molecule has 0 aliphatic carbocycles. The minimum atomic E-state index is 0.507. The molecular formula is C24H25NO2. The van der Waals surface area contributed by atoms with E-state index >= 15 is 0 Å². The number of hydrogen-bond acceptors (Lipinski definition) is 3. The topological polar surface area (TPSA) is 30.8 Å². The molecule has 3 aromatic rings. The molecule has 0 aromatic heterocycles. The average Bonchev–Trinajstić information content (AvgIpc) is 2.68. The van der Waals surface area contributed by atoms with Crippen molar-refractivity contribution >= 4 is 11.9 Å². The molecule has 3 nitrogen and oxygen atoms in total. The number of benzene rings is 3. The Labute approximate surface area is 161 Å². The van der Waals surface area contributed by atoms with Gasteiger partial charge in [-0.15, -0.1) is 0 Å². The van der Waals surface area contributed by atoms with Gasteiger partial charge >= 0.3 is 0 Å². The lowest BCUT2D eigenvalue weighted by atomic mass is 10.1. The van der Waals surface area contributed by atoms with Crippen LogP contribution in [0.3, 0.4) is 0 Å². The second-order valence-corrected chi connectivity index (χ2v) is 6.73. The second kappa shape index (κ2) is 8.54. The molecule has 3 heteroatoms. The maximum Gasteiger partial charge on any atom is 0.161 e. The lowest BCUT2D eigenvalue weighted by molar-refractivity contribution is 0.284. The van der Waals surface area contributed by atoms with Gasteiger partial charge in [0.2, 0.25) is 0 Å². The van der Waals surface area contributed by atoms with Crippen molar-refractivity contribution in [2.45, 2.75) is 27.4 Å². The van der Waals surface area contributed by atoms with Crippen LogP contribution in [0.2, 0.25) is 0 Å². The minimum absolute atomic E-state index is 0.507. The maximum atomic E-state index is 5.94. The number of hydrogen-bond donors (Lipinski definition) is 0. The number of methoxy groups -OCH3 is 1. The molecule has 0 amide bonds. The molecule has 0 fully saturated rings. The summed E-state index contributed by atoms with van der Waals surface area (Å²) in [5, 5.41) is 0. The van der Waals surface area contributed by atoms with Crippen molar-refractivity contribution in [2.75, 3.05) is 7.11 Å². The van der Waals surface area contributed by atoms with Crippen LogP contribution in [0, 0.1) is 20.8 Å². The highest BCUT2D eigenvalue weighted by Crippen LogP contribution is 2.29. The Morgan fingerprint density at radius 1 is 0.815 bits per heavy atom. The van der Waals surface area contributed by atoms with E-state index in [1.165, 1.54) is 11.1 Å². The number of rotatable bonds is 6. The third kappa shape index (κ3) is 4.98. The summed E-state index contributed by atoms with van der Waals surface area (Å²) in [4.78, 5) is 4.62. The van der Waals surface area contributed by atoms with Crippen molar-refractivity contribution in [1.29, 1.82) is 0 Å². The van der Waals surface area contributed by atoms with Crippen molar-refractivity contribution in [3.05, 3.63) is 88.5 Å². The first kappa shape index (κ1) is 18.7. The van der Waals surface area contributed by atoms with Crippen molar-refractivity contribution in [2.24, 2.45) is 4.99 Å². The maximum absolute atomic E-state index is 5.94. The van der Waals surface area contributed by atoms with Crippen LogP contribution in [-0.2, 0) is 6.61 Å². The van der Waals surface area contributed by atoms with E-state index in [0.717, 1.165) is 28.1 Å². The van der Waals surface area contributed by atoms with Gasteiger partial charge in [0.15, 0.2) is 11.5 Å². The fourth-order valence-electron chi connectivity index (χ4n) is 2.73. The Bertz CT molecular complexity index is 943. The molecule has 0 aliphatic heterocycles. The predicted octanol–water partition coefficient (Wildman–Crippen LogP) is 5.95. The number of nitrogens with zero attached hydrogens (tertiary/aromatic N) is 1. The van der Waals surface area contributed by atoms with Gasteiger partial charge in [0.1, 0.15) is 6.61 Å². The van der Waals surface area contributed by atoms with Crippen molar-refractivity contribution in [1.82, 2.24) is 0 Å². The number of aryl methyl sites for hydroxylation is 3. The molecule has 0 spiro atoms.